The third kappa shape index (κ3) is 5.42. The average Bonchev–Trinajstić information content (AvgIpc) is 3.14. The van der Waals surface area contributed by atoms with Crippen LogP contribution < -0.4 is 10.5 Å². The number of H-pyrrole nitrogens is 1. The molecule has 14 heteroatoms. The van der Waals surface area contributed by atoms with Crippen molar-refractivity contribution in [3.05, 3.63) is 40.2 Å². The Morgan fingerprint density at radius 2 is 1.94 bits per heavy atom. The lowest BCUT2D eigenvalue weighted by Gasteiger charge is -2.40. The second-order valence-corrected chi connectivity index (χ2v) is 8.28. The summed E-state index contributed by atoms with van der Waals surface area (Å²) in [5.74, 6) is 0.139. The maximum absolute atomic E-state index is 12.7. The van der Waals surface area contributed by atoms with E-state index in [0.29, 0.717) is 49.4 Å². The van der Waals surface area contributed by atoms with Crippen LogP contribution in [0.5, 0.6) is 0 Å². The molecule has 1 aliphatic heterocycles. The molecule has 188 valence electrons. The number of hydrogen-bond donors (Lipinski definition) is 1. The fourth-order valence-electron chi connectivity index (χ4n) is 4.09. The van der Waals surface area contributed by atoms with E-state index in [9.17, 15) is 22.8 Å². The summed E-state index contributed by atoms with van der Waals surface area (Å²) in [4.78, 5) is 35.7. The van der Waals surface area contributed by atoms with Gasteiger partial charge in [-0.05, 0) is 13.8 Å². The Morgan fingerprint density at radius 1 is 1.20 bits per heavy atom. The molecular weight excluding hydrogens is 469 g/mol. The second-order valence-electron chi connectivity index (χ2n) is 8.28. The summed E-state index contributed by atoms with van der Waals surface area (Å²) in [6.45, 7) is 5.80. The summed E-state index contributed by atoms with van der Waals surface area (Å²) in [7, 11) is 0. The van der Waals surface area contributed by atoms with E-state index in [1.807, 2.05) is 6.92 Å². The Balaban J connectivity index is 1.22. The van der Waals surface area contributed by atoms with Gasteiger partial charge in [-0.2, -0.15) is 23.4 Å². The van der Waals surface area contributed by atoms with Crippen molar-refractivity contribution >= 4 is 22.8 Å². The molecule has 4 rings (SSSR count). The van der Waals surface area contributed by atoms with Crippen LogP contribution in [0.2, 0.25) is 0 Å². The molecule has 3 aromatic rings. The van der Waals surface area contributed by atoms with E-state index < -0.39 is 11.7 Å². The predicted octanol–water partition coefficient (Wildman–Crippen LogP) is 1.38. The molecular formula is C21H25F3N8O3. The number of piperazine rings is 1. The Morgan fingerprint density at radius 3 is 2.63 bits per heavy atom. The van der Waals surface area contributed by atoms with Gasteiger partial charge in [-0.3, -0.25) is 14.3 Å². The molecule has 4 heterocycles. The molecule has 1 atom stereocenters. The molecule has 0 spiro atoms. The number of amides is 1. The Kier molecular flexibility index (Phi) is 7.00. The number of aromatic amines is 1. The molecule has 0 aromatic carbocycles. The van der Waals surface area contributed by atoms with Gasteiger partial charge in [0.15, 0.2) is 0 Å². The third-order valence-electron chi connectivity index (χ3n) is 5.85. The second kappa shape index (κ2) is 9.98. The van der Waals surface area contributed by atoms with Crippen molar-refractivity contribution in [2.45, 2.75) is 39.0 Å². The van der Waals surface area contributed by atoms with Crippen molar-refractivity contribution in [3.8, 4) is 0 Å². The van der Waals surface area contributed by atoms with Crippen LogP contribution in [0.15, 0.2) is 23.4 Å². The number of anilines is 1. The normalized spacial score (nSPS) is 16.8. The topological polar surface area (TPSA) is 122 Å². The Hall–Kier alpha value is -3.55. The van der Waals surface area contributed by atoms with Crippen molar-refractivity contribution in [1.82, 2.24) is 34.8 Å². The minimum absolute atomic E-state index is 0.0680. The van der Waals surface area contributed by atoms with Gasteiger partial charge in [0.05, 0.1) is 54.5 Å². The number of nitrogens with zero attached hydrogens (tertiary/aromatic N) is 7. The van der Waals surface area contributed by atoms with Gasteiger partial charge in [-0.25, -0.2) is 15.1 Å². The number of aromatic nitrogens is 6. The van der Waals surface area contributed by atoms with Gasteiger partial charge < -0.3 is 14.5 Å². The SMILES string of the molecule is Cc1nn(CCOCCC(=O)N2CCN(c3ncc(C(F)(F)F)cn3)CC2C)c2cn[nH]c(=O)c12. The molecule has 0 aliphatic carbocycles. The van der Waals surface area contributed by atoms with Gasteiger partial charge in [0.25, 0.3) is 5.56 Å². The third-order valence-corrected chi connectivity index (χ3v) is 5.85. The molecule has 0 saturated carbocycles. The molecule has 1 fully saturated rings. The van der Waals surface area contributed by atoms with Crippen LogP contribution in [0.4, 0.5) is 19.1 Å². The van der Waals surface area contributed by atoms with Crippen molar-refractivity contribution in [1.29, 1.82) is 0 Å². The monoisotopic (exact) mass is 494 g/mol. The standard InChI is InChI=1S/C21H25F3N8O3/c1-13-12-30(20-25-9-15(10-26-20)21(22,23)24)4-5-31(13)17(33)3-7-35-8-6-32-16-11-27-28-19(34)18(16)14(2)29-32/h9-11,13H,3-8,12H2,1-2H3,(H,28,34). The largest absolute Gasteiger partial charge is 0.419 e. The van der Waals surface area contributed by atoms with Gasteiger partial charge in [0, 0.05) is 38.1 Å². The fraction of sp³-hybridized carbons (Fsp3) is 0.524. The summed E-state index contributed by atoms with van der Waals surface area (Å²) in [6, 6.07) is -0.161. The average molecular weight is 494 g/mol. The quantitative estimate of drug-likeness (QED) is 0.489. The highest BCUT2D eigenvalue weighted by Crippen LogP contribution is 2.28. The van der Waals surface area contributed by atoms with E-state index in [-0.39, 0.29) is 36.5 Å². The van der Waals surface area contributed by atoms with Gasteiger partial charge in [-0.15, -0.1) is 0 Å². The summed E-state index contributed by atoms with van der Waals surface area (Å²) < 4.78 is 45.4. The maximum atomic E-state index is 12.7. The molecule has 35 heavy (non-hydrogen) atoms. The first kappa shape index (κ1) is 24.6. The highest BCUT2D eigenvalue weighted by molar-refractivity contribution is 5.79. The van der Waals surface area contributed by atoms with Crippen LogP contribution in [0.25, 0.3) is 10.9 Å². The number of rotatable bonds is 7. The molecule has 0 bridgehead atoms. The number of hydrogen-bond acceptors (Lipinski definition) is 8. The first-order chi connectivity index (χ1) is 16.6. The minimum atomic E-state index is -4.49. The number of nitrogens with one attached hydrogen (secondary N) is 1. The zero-order valence-electron chi connectivity index (χ0n) is 19.2. The van der Waals surface area contributed by atoms with Crippen LogP contribution in [0.3, 0.4) is 0 Å². The zero-order chi connectivity index (χ0) is 25.2. The van der Waals surface area contributed by atoms with E-state index in [4.69, 9.17) is 4.74 Å². The maximum Gasteiger partial charge on any atom is 0.419 e. The summed E-state index contributed by atoms with van der Waals surface area (Å²) in [5, 5.41) is 11.0. The highest BCUT2D eigenvalue weighted by atomic mass is 19.4. The van der Waals surface area contributed by atoms with E-state index >= 15 is 0 Å². The number of alkyl halides is 3. The molecule has 1 saturated heterocycles. The first-order valence-electron chi connectivity index (χ1n) is 11.1. The zero-order valence-corrected chi connectivity index (χ0v) is 19.2. The van der Waals surface area contributed by atoms with Crippen molar-refractivity contribution in [3.63, 3.8) is 0 Å². The Labute approximate surface area is 197 Å². The number of ether oxygens (including phenoxy) is 1. The molecule has 1 aliphatic rings. The predicted molar refractivity (Wildman–Crippen MR) is 119 cm³/mol. The molecule has 1 amide bonds. The number of aryl methyl sites for hydroxylation is 1. The molecule has 1 unspecified atom stereocenters. The molecule has 1 N–H and O–H groups in total. The van der Waals surface area contributed by atoms with Gasteiger partial charge in [0.1, 0.15) is 0 Å². The van der Waals surface area contributed by atoms with Crippen LogP contribution >= 0.6 is 0 Å². The number of carbonyl (C=O) groups is 1. The van der Waals surface area contributed by atoms with Crippen molar-refractivity contribution < 1.29 is 22.7 Å². The lowest BCUT2D eigenvalue weighted by molar-refractivity contribution is -0.138. The first-order valence-corrected chi connectivity index (χ1v) is 11.1. The van der Waals surface area contributed by atoms with Crippen LogP contribution in [-0.2, 0) is 22.3 Å². The molecule has 0 radical (unpaired) electrons. The fourth-order valence-corrected chi connectivity index (χ4v) is 4.09. The number of carbonyl (C=O) groups excluding carboxylic acids is 1. The highest BCUT2D eigenvalue weighted by Gasteiger charge is 2.32. The lowest BCUT2D eigenvalue weighted by Crippen LogP contribution is -2.54. The van der Waals surface area contributed by atoms with Crippen LogP contribution in [0.1, 0.15) is 24.6 Å². The molecule has 11 nitrogen and oxygen atoms in total. The van der Waals surface area contributed by atoms with E-state index in [1.165, 1.54) is 6.20 Å². The summed E-state index contributed by atoms with van der Waals surface area (Å²) >= 11 is 0. The minimum Gasteiger partial charge on any atom is -0.379 e. The number of halogens is 3. The van der Waals surface area contributed by atoms with E-state index in [2.05, 4.69) is 25.3 Å². The number of fused-ring (bicyclic) bond motifs is 1. The van der Waals surface area contributed by atoms with Crippen molar-refractivity contribution in [2.24, 2.45) is 0 Å². The van der Waals surface area contributed by atoms with Gasteiger partial charge in [-0.1, -0.05) is 0 Å². The van der Waals surface area contributed by atoms with Crippen molar-refractivity contribution in [2.75, 3.05) is 37.7 Å². The van der Waals surface area contributed by atoms with Crippen LogP contribution in [0, 0.1) is 6.92 Å². The van der Waals surface area contributed by atoms with E-state index in [0.717, 1.165) is 12.4 Å². The van der Waals surface area contributed by atoms with E-state index in [1.54, 1.807) is 21.4 Å². The van der Waals surface area contributed by atoms with Gasteiger partial charge in [0.2, 0.25) is 11.9 Å². The molecule has 3 aromatic heterocycles. The lowest BCUT2D eigenvalue weighted by atomic mass is 10.2. The Bertz CT molecular complexity index is 1240. The summed E-state index contributed by atoms with van der Waals surface area (Å²) in [6.07, 6.45) is -1.22. The van der Waals surface area contributed by atoms with Crippen LogP contribution in [-0.4, -0.2) is 79.6 Å². The van der Waals surface area contributed by atoms with Gasteiger partial charge >= 0.3 is 6.18 Å². The smallest absolute Gasteiger partial charge is 0.379 e. The summed E-state index contributed by atoms with van der Waals surface area (Å²) in [5.41, 5.74) is 0.0319.